The molecule has 0 saturated heterocycles. The Morgan fingerprint density at radius 1 is 1.00 bits per heavy atom. The standard InChI is InChI=1S/C17H20O3/c1-13(18)17(15-10-6-7-11-16(15)19-2)20-12-14-8-4-3-5-9-14/h3-11,13,17-18H,12H2,1-2H3. The molecule has 2 atom stereocenters. The van der Waals surface area contributed by atoms with Gasteiger partial charge in [0.25, 0.3) is 0 Å². The number of hydrogen-bond acceptors (Lipinski definition) is 3. The minimum Gasteiger partial charge on any atom is -0.496 e. The Morgan fingerprint density at radius 2 is 1.65 bits per heavy atom. The Labute approximate surface area is 119 Å². The highest BCUT2D eigenvalue weighted by Gasteiger charge is 2.21. The van der Waals surface area contributed by atoms with Crippen LogP contribution in [-0.4, -0.2) is 18.3 Å². The second kappa shape index (κ2) is 7.08. The lowest BCUT2D eigenvalue weighted by Gasteiger charge is -2.23. The quantitative estimate of drug-likeness (QED) is 0.876. The molecule has 0 fully saturated rings. The van der Waals surface area contributed by atoms with Crippen LogP contribution in [0.2, 0.25) is 0 Å². The Morgan fingerprint density at radius 3 is 2.30 bits per heavy atom. The van der Waals surface area contributed by atoms with Gasteiger partial charge in [0.2, 0.25) is 0 Å². The topological polar surface area (TPSA) is 38.7 Å². The Kier molecular flexibility index (Phi) is 5.16. The van der Waals surface area contributed by atoms with Gasteiger partial charge in [-0.1, -0.05) is 48.5 Å². The van der Waals surface area contributed by atoms with Gasteiger partial charge in [0, 0.05) is 5.56 Å². The van der Waals surface area contributed by atoms with Crippen LogP contribution in [0.4, 0.5) is 0 Å². The highest BCUT2D eigenvalue weighted by Crippen LogP contribution is 2.30. The third-order valence-electron chi connectivity index (χ3n) is 3.16. The smallest absolute Gasteiger partial charge is 0.124 e. The molecule has 0 bridgehead atoms. The summed E-state index contributed by atoms with van der Waals surface area (Å²) in [5.74, 6) is 0.728. The van der Waals surface area contributed by atoms with Gasteiger partial charge in [0.1, 0.15) is 11.9 Å². The molecule has 0 aliphatic carbocycles. The maximum atomic E-state index is 9.98. The third kappa shape index (κ3) is 3.59. The second-order valence-corrected chi connectivity index (χ2v) is 4.70. The largest absolute Gasteiger partial charge is 0.496 e. The summed E-state index contributed by atoms with van der Waals surface area (Å²) in [5, 5.41) is 9.98. The van der Waals surface area contributed by atoms with Crippen molar-refractivity contribution >= 4 is 0 Å². The summed E-state index contributed by atoms with van der Waals surface area (Å²) in [6.45, 7) is 2.18. The summed E-state index contributed by atoms with van der Waals surface area (Å²) in [6.07, 6.45) is -1.03. The summed E-state index contributed by atoms with van der Waals surface area (Å²) in [7, 11) is 1.62. The van der Waals surface area contributed by atoms with Crippen LogP contribution in [0.1, 0.15) is 24.2 Å². The van der Waals surface area contributed by atoms with Crippen LogP contribution < -0.4 is 4.74 Å². The number of hydrogen-bond donors (Lipinski definition) is 1. The molecule has 2 unspecified atom stereocenters. The lowest BCUT2D eigenvalue weighted by atomic mass is 10.0. The molecule has 2 aromatic carbocycles. The van der Waals surface area contributed by atoms with E-state index in [4.69, 9.17) is 9.47 Å². The molecule has 3 nitrogen and oxygen atoms in total. The molecular formula is C17H20O3. The van der Waals surface area contributed by atoms with Gasteiger partial charge in [-0.25, -0.2) is 0 Å². The van der Waals surface area contributed by atoms with Gasteiger partial charge in [-0.2, -0.15) is 0 Å². The number of para-hydroxylation sites is 1. The van der Waals surface area contributed by atoms with E-state index < -0.39 is 12.2 Å². The van der Waals surface area contributed by atoms with Crippen molar-refractivity contribution in [3.05, 3.63) is 65.7 Å². The number of aliphatic hydroxyl groups is 1. The maximum Gasteiger partial charge on any atom is 0.124 e. The Bertz CT molecular complexity index is 523. The minimum atomic E-state index is -0.616. The van der Waals surface area contributed by atoms with Crippen molar-refractivity contribution in [2.45, 2.75) is 25.7 Å². The van der Waals surface area contributed by atoms with E-state index in [0.29, 0.717) is 6.61 Å². The van der Waals surface area contributed by atoms with Crippen LogP contribution in [0.3, 0.4) is 0 Å². The summed E-state index contributed by atoms with van der Waals surface area (Å²) in [6, 6.07) is 17.5. The number of ether oxygens (including phenoxy) is 2. The zero-order valence-electron chi connectivity index (χ0n) is 11.8. The van der Waals surface area contributed by atoms with Crippen molar-refractivity contribution in [1.29, 1.82) is 0 Å². The van der Waals surface area contributed by atoms with Crippen LogP contribution >= 0.6 is 0 Å². The van der Waals surface area contributed by atoms with Crippen molar-refractivity contribution in [3.8, 4) is 5.75 Å². The summed E-state index contributed by atoms with van der Waals surface area (Å²) in [5.41, 5.74) is 1.94. The average molecular weight is 272 g/mol. The number of benzene rings is 2. The highest BCUT2D eigenvalue weighted by molar-refractivity contribution is 5.35. The lowest BCUT2D eigenvalue weighted by molar-refractivity contribution is -0.0411. The minimum absolute atomic E-state index is 0.411. The fraction of sp³-hybridized carbons (Fsp3) is 0.294. The molecule has 1 N–H and O–H groups in total. The van der Waals surface area contributed by atoms with E-state index in [0.717, 1.165) is 16.9 Å². The van der Waals surface area contributed by atoms with E-state index in [1.54, 1.807) is 14.0 Å². The van der Waals surface area contributed by atoms with Crippen LogP contribution in [-0.2, 0) is 11.3 Å². The maximum absolute atomic E-state index is 9.98. The van der Waals surface area contributed by atoms with Crippen LogP contribution in [0, 0.1) is 0 Å². The molecule has 0 amide bonds. The van der Waals surface area contributed by atoms with E-state index in [9.17, 15) is 5.11 Å². The third-order valence-corrected chi connectivity index (χ3v) is 3.16. The van der Waals surface area contributed by atoms with E-state index >= 15 is 0 Å². The van der Waals surface area contributed by atoms with Gasteiger partial charge in [-0.3, -0.25) is 0 Å². The Hall–Kier alpha value is -1.84. The van der Waals surface area contributed by atoms with Crippen LogP contribution in [0.25, 0.3) is 0 Å². The van der Waals surface area contributed by atoms with Gasteiger partial charge in [0.05, 0.1) is 19.8 Å². The zero-order chi connectivity index (χ0) is 14.4. The molecule has 0 heterocycles. The van der Waals surface area contributed by atoms with Crippen molar-refractivity contribution < 1.29 is 14.6 Å². The van der Waals surface area contributed by atoms with Crippen LogP contribution in [0.15, 0.2) is 54.6 Å². The molecule has 106 valence electrons. The molecule has 0 aliphatic rings. The zero-order valence-corrected chi connectivity index (χ0v) is 11.8. The van der Waals surface area contributed by atoms with E-state index in [1.165, 1.54) is 0 Å². The fourth-order valence-electron chi connectivity index (χ4n) is 2.15. The first kappa shape index (κ1) is 14.6. The summed E-state index contributed by atoms with van der Waals surface area (Å²) in [4.78, 5) is 0. The van der Waals surface area contributed by atoms with Crippen molar-refractivity contribution in [2.75, 3.05) is 7.11 Å². The number of rotatable bonds is 6. The SMILES string of the molecule is COc1ccccc1C(OCc1ccccc1)C(C)O. The molecule has 0 spiro atoms. The average Bonchev–Trinajstić information content (AvgIpc) is 2.48. The predicted octanol–water partition coefficient (Wildman–Crippen LogP) is 3.33. The van der Waals surface area contributed by atoms with Crippen molar-refractivity contribution in [1.82, 2.24) is 0 Å². The van der Waals surface area contributed by atoms with Gasteiger partial charge in [-0.15, -0.1) is 0 Å². The first-order valence-electron chi connectivity index (χ1n) is 6.69. The predicted molar refractivity (Wildman–Crippen MR) is 78.6 cm³/mol. The Balaban J connectivity index is 2.15. The first-order chi connectivity index (χ1) is 9.72. The molecule has 20 heavy (non-hydrogen) atoms. The number of aliphatic hydroxyl groups excluding tert-OH is 1. The van der Waals surface area contributed by atoms with Gasteiger partial charge >= 0.3 is 0 Å². The molecule has 3 heteroatoms. The molecule has 2 aromatic rings. The van der Waals surface area contributed by atoms with Crippen molar-refractivity contribution in [3.63, 3.8) is 0 Å². The van der Waals surface area contributed by atoms with E-state index in [1.807, 2.05) is 54.6 Å². The normalized spacial score (nSPS) is 13.8. The van der Waals surface area contributed by atoms with E-state index in [2.05, 4.69) is 0 Å². The van der Waals surface area contributed by atoms with Gasteiger partial charge in [0.15, 0.2) is 0 Å². The molecule has 0 saturated carbocycles. The second-order valence-electron chi connectivity index (χ2n) is 4.70. The molecule has 0 radical (unpaired) electrons. The van der Waals surface area contributed by atoms with Gasteiger partial charge < -0.3 is 14.6 Å². The molecule has 2 rings (SSSR count). The number of methoxy groups -OCH3 is 1. The van der Waals surface area contributed by atoms with Crippen LogP contribution in [0.5, 0.6) is 5.75 Å². The van der Waals surface area contributed by atoms with E-state index in [-0.39, 0.29) is 0 Å². The lowest BCUT2D eigenvalue weighted by Crippen LogP contribution is -2.18. The summed E-state index contributed by atoms with van der Waals surface area (Å²) >= 11 is 0. The van der Waals surface area contributed by atoms with Gasteiger partial charge in [-0.05, 0) is 18.6 Å². The highest BCUT2D eigenvalue weighted by atomic mass is 16.5. The molecule has 0 aliphatic heterocycles. The molecular weight excluding hydrogens is 252 g/mol. The first-order valence-corrected chi connectivity index (χ1v) is 6.69. The van der Waals surface area contributed by atoms with Crippen molar-refractivity contribution in [2.24, 2.45) is 0 Å². The summed E-state index contributed by atoms with van der Waals surface area (Å²) < 4.78 is 11.2. The fourth-order valence-corrected chi connectivity index (χ4v) is 2.15. The monoisotopic (exact) mass is 272 g/mol. The molecule has 0 aromatic heterocycles.